The summed E-state index contributed by atoms with van der Waals surface area (Å²) in [5, 5.41) is 10.6. The molecule has 0 aliphatic carbocycles. The molecule has 15 heteroatoms. The number of hydrogen-bond acceptors (Lipinski definition) is 8. The molecule has 208 valence electrons. The maximum absolute atomic E-state index is 13.0. The van der Waals surface area contributed by atoms with Crippen molar-refractivity contribution in [2.45, 2.75) is 24.9 Å². The third-order valence-electron chi connectivity index (χ3n) is 5.86. The molecule has 1 aromatic carbocycles. The molecule has 0 saturated heterocycles. The van der Waals surface area contributed by atoms with Gasteiger partial charge in [-0.15, -0.1) is 0 Å². The molecule has 11 nitrogen and oxygen atoms in total. The van der Waals surface area contributed by atoms with Crippen LogP contribution in [0.4, 0.5) is 20.3 Å². The minimum Gasteiger partial charge on any atom is -0.435 e. The van der Waals surface area contributed by atoms with Crippen molar-refractivity contribution >= 4 is 50.3 Å². The quantitative estimate of drug-likeness (QED) is 0.260. The summed E-state index contributed by atoms with van der Waals surface area (Å²) in [7, 11) is -4.25. The number of aromatic nitrogens is 4. The Morgan fingerprint density at radius 3 is 2.77 bits per heavy atom. The number of nitrogens with one attached hydrogen (secondary N) is 3. The van der Waals surface area contributed by atoms with Crippen molar-refractivity contribution in [3.05, 3.63) is 65.6 Å². The van der Waals surface area contributed by atoms with Gasteiger partial charge in [0.1, 0.15) is 11.4 Å². The van der Waals surface area contributed by atoms with Crippen LogP contribution in [0.3, 0.4) is 0 Å². The fourth-order valence-corrected chi connectivity index (χ4v) is 5.45. The van der Waals surface area contributed by atoms with Crippen LogP contribution in [0.5, 0.6) is 5.75 Å². The largest absolute Gasteiger partial charge is 0.435 e. The number of halogens is 3. The molecule has 5 rings (SSSR count). The van der Waals surface area contributed by atoms with Crippen molar-refractivity contribution in [1.29, 1.82) is 0 Å². The van der Waals surface area contributed by atoms with Crippen molar-refractivity contribution in [3.63, 3.8) is 0 Å². The SMILES string of the molecule is CC(=O)Nc1nc2ccc(-c3cnc(Cl)c(NS(=O)(=O)c4cccc(OC(F)F)c4)c3)nn2c1C1=CCNCC1. The van der Waals surface area contributed by atoms with Gasteiger partial charge in [-0.05, 0) is 48.9 Å². The monoisotopic (exact) mass is 589 g/mol. The van der Waals surface area contributed by atoms with Crippen LogP contribution in [0, 0.1) is 0 Å². The van der Waals surface area contributed by atoms with Gasteiger partial charge in [0, 0.05) is 31.3 Å². The lowest BCUT2D eigenvalue weighted by molar-refractivity contribution is -0.114. The second kappa shape index (κ2) is 11.2. The zero-order valence-corrected chi connectivity index (χ0v) is 22.4. The molecule has 0 spiro atoms. The Morgan fingerprint density at radius 1 is 1.23 bits per heavy atom. The van der Waals surface area contributed by atoms with Gasteiger partial charge in [-0.2, -0.15) is 13.9 Å². The van der Waals surface area contributed by atoms with E-state index >= 15 is 0 Å². The highest BCUT2D eigenvalue weighted by molar-refractivity contribution is 7.92. The predicted molar refractivity (Wildman–Crippen MR) is 145 cm³/mol. The Hall–Kier alpha value is -4.14. The summed E-state index contributed by atoms with van der Waals surface area (Å²) in [4.78, 5) is 20.1. The first kappa shape index (κ1) is 27.4. The number of fused-ring (bicyclic) bond motifs is 1. The van der Waals surface area contributed by atoms with Crippen LogP contribution < -0.4 is 20.1 Å². The van der Waals surface area contributed by atoms with E-state index in [1.54, 1.807) is 16.6 Å². The summed E-state index contributed by atoms with van der Waals surface area (Å²) in [6.45, 7) is -0.306. The molecule has 1 amide bonds. The second-order valence-corrected chi connectivity index (χ2v) is 10.7. The molecule has 0 bridgehead atoms. The first-order chi connectivity index (χ1) is 19.1. The van der Waals surface area contributed by atoms with Crippen LogP contribution in [0.1, 0.15) is 19.0 Å². The molecule has 0 unspecified atom stereocenters. The first-order valence-corrected chi connectivity index (χ1v) is 13.8. The van der Waals surface area contributed by atoms with Crippen molar-refractivity contribution < 1.29 is 26.7 Å². The summed E-state index contributed by atoms with van der Waals surface area (Å²) in [5.41, 5.74) is 2.90. The number of anilines is 2. The van der Waals surface area contributed by atoms with Crippen LogP contribution in [0.15, 0.2) is 59.6 Å². The third-order valence-corrected chi connectivity index (χ3v) is 7.52. The van der Waals surface area contributed by atoms with Crippen molar-refractivity contribution in [2.24, 2.45) is 0 Å². The Labute approximate surface area is 232 Å². The van der Waals surface area contributed by atoms with Gasteiger partial charge in [-0.25, -0.2) is 22.9 Å². The second-order valence-electron chi connectivity index (χ2n) is 8.68. The predicted octanol–water partition coefficient (Wildman–Crippen LogP) is 4.18. The van der Waals surface area contributed by atoms with Crippen LogP contribution >= 0.6 is 11.6 Å². The molecular weight excluding hydrogens is 568 g/mol. The van der Waals surface area contributed by atoms with E-state index < -0.39 is 16.6 Å². The van der Waals surface area contributed by atoms with Gasteiger partial charge in [-0.1, -0.05) is 23.7 Å². The number of hydrogen-bond donors (Lipinski definition) is 3. The Kier molecular flexibility index (Phi) is 7.65. The number of amides is 1. The molecule has 1 aliphatic rings. The standard InChI is InChI=1S/C25H22ClF2N7O4S/c1-14(36)31-24-22(15-7-9-29-10-8-15)35-21(32-24)6-5-19(33-35)16-11-20(23(26)30-13-16)34-40(37,38)18-4-2-3-17(12-18)39-25(27)28/h2-7,11-13,25,29,34H,8-10H2,1H3,(H,31,36). The van der Waals surface area contributed by atoms with Crippen molar-refractivity contribution in [3.8, 4) is 17.0 Å². The number of ether oxygens (including phenoxy) is 1. The van der Waals surface area contributed by atoms with E-state index in [0.717, 1.165) is 18.2 Å². The molecular formula is C25H22ClF2N7O4S. The number of sulfonamides is 1. The number of carbonyl (C=O) groups excluding carboxylic acids is 1. The van der Waals surface area contributed by atoms with Gasteiger partial charge in [0.15, 0.2) is 16.6 Å². The number of imidazole rings is 1. The zero-order chi connectivity index (χ0) is 28.4. The summed E-state index contributed by atoms with van der Waals surface area (Å²) in [6.07, 6.45) is 4.13. The Morgan fingerprint density at radius 2 is 2.05 bits per heavy atom. The average Bonchev–Trinajstić information content (AvgIpc) is 3.26. The number of carbonyl (C=O) groups is 1. The van der Waals surface area contributed by atoms with Crippen LogP contribution in [0.2, 0.25) is 5.15 Å². The van der Waals surface area contributed by atoms with Gasteiger partial charge in [0.2, 0.25) is 5.91 Å². The van der Waals surface area contributed by atoms with Gasteiger partial charge in [0.05, 0.1) is 16.3 Å². The Bertz CT molecular complexity index is 1740. The maximum Gasteiger partial charge on any atom is 0.387 e. The lowest BCUT2D eigenvalue weighted by atomic mass is 10.1. The molecule has 40 heavy (non-hydrogen) atoms. The van der Waals surface area contributed by atoms with E-state index in [0.29, 0.717) is 41.4 Å². The molecule has 3 aromatic heterocycles. The summed E-state index contributed by atoms with van der Waals surface area (Å²) < 4.78 is 59.5. The van der Waals surface area contributed by atoms with Gasteiger partial charge >= 0.3 is 6.61 Å². The molecule has 3 N–H and O–H groups in total. The third kappa shape index (κ3) is 5.88. The van der Waals surface area contributed by atoms with E-state index in [4.69, 9.17) is 16.7 Å². The topological polar surface area (TPSA) is 140 Å². The molecule has 1 aliphatic heterocycles. The summed E-state index contributed by atoms with van der Waals surface area (Å²) in [5.74, 6) is -0.206. The van der Waals surface area contributed by atoms with Crippen LogP contribution in [-0.2, 0) is 14.8 Å². The number of alkyl halides is 2. The smallest absolute Gasteiger partial charge is 0.387 e. The van der Waals surface area contributed by atoms with Crippen molar-refractivity contribution in [1.82, 2.24) is 24.9 Å². The van der Waals surface area contributed by atoms with E-state index in [2.05, 4.69) is 30.1 Å². The van der Waals surface area contributed by atoms with E-state index in [9.17, 15) is 22.0 Å². The lowest BCUT2D eigenvalue weighted by Crippen LogP contribution is -2.21. The first-order valence-electron chi connectivity index (χ1n) is 11.9. The molecule has 4 aromatic rings. The van der Waals surface area contributed by atoms with Gasteiger partial charge < -0.3 is 15.4 Å². The fourth-order valence-electron chi connectivity index (χ4n) is 4.15. The van der Waals surface area contributed by atoms with Crippen molar-refractivity contribution in [2.75, 3.05) is 23.1 Å². The van der Waals surface area contributed by atoms with E-state index in [-0.39, 0.29) is 27.4 Å². The average molecular weight is 590 g/mol. The summed E-state index contributed by atoms with van der Waals surface area (Å²) >= 11 is 6.20. The molecule has 0 fully saturated rings. The molecule has 0 atom stereocenters. The Balaban J connectivity index is 1.52. The fraction of sp³-hybridized carbons (Fsp3) is 0.200. The number of rotatable bonds is 8. The molecule has 4 heterocycles. The highest BCUT2D eigenvalue weighted by atomic mass is 35.5. The maximum atomic E-state index is 13.0. The zero-order valence-electron chi connectivity index (χ0n) is 20.9. The van der Waals surface area contributed by atoms with E-state index in [1.807, 2.05) is 6.08 Å². The van der Waals surface area contributed by atoms with Crippen LogP contribution in [0.25, 0.3) is 22.5 Å². The van der Waals surface area contributed by atoms with E-state index in [1.165, 1.54) is 37.4 Å². The summed E-state index contributed by atoms with van der Waals surface area (Å²) in [6, 6.07) is 9.53. The number of benzene rings is 1. The highest BCUT2D eigenvalue weighted by Crippen LogP contribution is 2.31. The normalized spacial score (nSPS) is 13.8. The number of pyridine rings is 1. The minimum absolute atomic E-state index is 0.0490. The number of nitrogens with zero attached hydrogens (tertiary/aromatic N) is 4. The lowest BCUT2D eigenvalue weighted by Gasteiger charge is -2.15. The molecule has 0 saturated carbocycles. The molecule has 0 radical (unpaired) electrons. The minimum atomic E-state index is -4.25. The highest BCUT2D eigenvalue weighted by Gasteiger charge is 2.22. The van der Waals surface area contributed by atoms with Crippen LogP contribution in [-0.4, -0.2) is 53.6 Å². The van der Waals surface area contributed by atoms with Gasteiger partial charge in [0.25, 0.3) is 10.0 Å². The van der Waals surface area contributed by atoms with Gasteiger partial charge in [-0.3, -0.25) is 9.52 Å².